The second-order valence-electron chi connectivity index (χ2n) is 5.70. The number of piperidine rings is 1. The second kappa shape index (κ2) is 9.98. The van der Waals surface area contributed by atoms with Gasteiger partial charge >= 0.3 is 0 Å². The summed E-state index contributed by atoms with van der Waals surface area (Å²) < 4.78 is 1.76. The monoisotopic (exact) mass is 421 g/mol. The van der Waals surface area contributed by atoms with Crippen molar-refractivity contribution in [2.75, 3.05) is 33.2 Å². The van der Waals surface area contributed by atoms with Gasteiger partial charge in [0.2, 0.25) is 0 Å². The summed E-state index contributed by atoms with van der Waals surface area (Å²) in [6.45, 7) is 7.36. The summed E-state index contributed by atoms with van der Waals surface area (Å²) in [7, 11) is 3.67. The van der Waals surface area contributed by atoms with Crippen molar-refractivity contribution >= 4 is 29.9 Å². The van der Waals surface area contributed by atoms with Crippen molar-refractivity contribution in [3.63, 3.8) is 0 Å². The van der Waals surface area contributed by atoms with Crippen LogP contribution < -0.4 is 10.6 Å². The first-order valence-corrected chi connectivity index (χ1v) is 7.68. The summed E-state index contributed by atoms with van der Waals surface area (Å²) in [4.78, 5) is 10.9. The zero-order valence-electron chi connectivity index (χ0n) is 13.7. The maximum atomic E-state index is 4.23. The first-order chi connectivity index (χ1) is 10.2. The van der Waals surface area contributed by atoms with E-state index < -0.39 is 0 Å². The summed E-state index contributed by atoms with van der Waals surface area (Å²) in [5, 5.41) is 10.7. The minimum Gasteiger partial charge on any atom is -0.355 e. The molecular formula is C14H28IN7. The number of aliphatic imine (C=N–C) groups is 1. The summed E-state index contributed by atoms with van der Waals surface area (Å²) in [5.74, 6) is 2.53. The van der Waals surface area contributed by atoms with E-state index in [-0.39, 0.29) is 24.0 Å². The molecule has 126 valence electrons. The van der Waals surface area contributed by atoms with Crippen molar-refractivity contribution in [3.8, 4) is 0 Å². The van der Waals surface area contributed by atoms with Crippen LogP contribution in [0.3, 0.4) is 0 Å². The fourth-order valence-electron chi connectivity index (χ4n) is 2.69. The van der Waals surface area contributed by atoms with E-state index in [1.165, 1.54) is 25.9 Å². The Morgan fingerprint density at radius 2 is 2.27 bits per heavy atom. The van der Waals surface area contributed by atoms with Crippen LogP contribution in [0.15, 0.2) is 11.3 Å². The van der Waals surface area contributed by atoms with Gasteiger partial charge in [-0.15, -0.1) is 24.0 Å². The van der Waals surface area contributed by atoms with Crippen LogP contribution in [0.25, 0.3) is 0 Å². The number of halogens is 1. The van der Waals surface area contributed by atoms with Crippen molar-refractivity contribution in [2.24, 2.45) is 18.0 Å². The SMILES string of the molecule is CN=C(NCCN1CCCC(C)C1)NCc1ncnn1C.I. The van der Waals surface area contributed by atoms with Gasteiger partial charge in [0.25, 0.3) is 0 Å². The summed E-state index contributed by atoms with van der Waals surface area (Å²) in [6.07, 6.45) is 4.25. The molecule has 1 aliphatic rings. The zero-order valence-corrected chi connectivity index (χ0v) is 16.1. The van der Waals surface area contributed by atoms with Crippen LogP contribution in [0.5, 0.6) is 0 Å². The Bertz CT molecular complexity index is 460. The Kier molecular flexibility index (Phi) is 8.69. The van der Waals surface area contributed by atoms with E-state index in [0.717, 1.165) is 30.8 Å². The van der Waals surface area contributed by atoms with E-state index in [2.05, 4.69) is 37.5 Å². The molecule has 1 aromatic rings. The molecule has 1 saturated heterocycles. The number of rotatable bonds is 5. The number of hydrogen-bond acceptors (Lipinski definition) is 4. The number of aryl methyl sites for hydroxylation is 1. The molecule has 0 aromatic carbocycles. The van der Waals surface area contributed by atoms with Gasteiger partial charge in [-0.25, -0.2) is 4.98 Å². The van der Waals surface area contributed by atoms with E-state index in [1.807, 2.05) is 7.05 Å². The van der Waals surface area contributed by atoms with Crippen LogP contribution in [-0.4, -0.2) is 58.9 Å². The number of hydrogen-bond donors (Lipinski definition) is 2. The minimum atomic E-state index is 0. The van der Waals surface area contributed by atoms with Crippen molar-refractivity contribution in [2.45, 2.75) is 26.3 Å². The highest BCUT2D eigenvalue weighted by Crippen LogP contribution is 2.14. The fourth-order valence-corrected chi connectivity index (χ4v) is 2.69. The van der Waals surface area contributed by atoms with Crippen LogP contribution in [0.4, 0.5) is 0 Å². The molecule has 0 aliphatic carbocycles. The standard InChI is InChI=1S/C14H27N7.HI/c1-12-5-4-7-21(10-12)8-6-16-14(15-2)17-9-13-18-11-19-20(13)3;/h11-12H,4-10H2,1-3H3,(H2,15,16,17);1H. The van der Waals surface area contributed by atoms with Gasteiger partial charge in [0.1, 0.15) is 12.2 Å². The molecule has 2 rings (SSSR count). The Labute approximate surface area is 150 Å². The molecule has 1 unspecified atom stereocenters. The van der Waals surface area contributed by atoms with Crippen LogP contribution in [0.1, 0.15) is 25.6 Å². The fraction of sp³-hybridized carbons (Fsp3) is 0.786. The molecule has 1 atom stereocenters. The van der Waals surface area contributed by atoms with Crippen molar-refractivity contribution < 1.29 is 0 Å². The van der Waals surface area contributed by atoms with Gasteiger partial charge in [-0.05, 0) is 25.3 Å². The van der Waals surface area contributed by atoms with Gasteiger partial charge in [-0.3, -0.25) is 9.67 Å². The molecule has 7 nitrogen and oxygen atoms in total. The summed E-state index contributed by atoms with van der Waals surface area (Å²) in [5.41, 5.74) is 0. The van der Waals surface area contributed by atoms with Gasteiger partial charge in [0, 0.05) is 33.7 Å². The van der Waals surface area contributed by atoms with Crippen molar-refractivity contribution in [1.29, 1.82) is 0 Å². The molecule has 22 heavy (non-hydrogen) atoms. The molecule has 1 aliphatic heterocycles. The number of nitrogens with one attached hydrogen (secondary N) is 2. The third kappa shape index (κ3) is 6.07. The molecule has 2 heterocycles. The smallest absolute Gasteiger partial charge is 0.191 e. The Balaban J connectivity index is 0.00000242. The lowest BCUT2D eigenvalue weighted by Gasteiger charge is -2.30. The third-order valence-electron chi connectivity index (χ3n) is 3.90. The average molecular weight is 421 g/mol. The maximum absolute atomic E-state index is 4.23. The summed E-state index contributed by atoms with van der Waals surface area (Å²) >= 11 is 0. The van der Waals surface area contributed by atoms with Crippen LogP contribution >= 0.6 is 24.0 Å². The quantitative estimate of drug-likeness (QED) is 0.419. The molecule has 2 N–H and O–H groups in total. The van der Waals surface area contributed by atoms with Gasteiger partial charge in [0.05, 0.1) is 6.54 Å². The first kappa shape index (κ1) is 19.1. The first-order valence-electron chi connectivity index (χ1n) is 7.68. The lowest BCUT2D eigenvalue weighted by molar-refractivity contribution is 0.187. The van der Waals surface area contributed by atoms with Crippen LogP contribution in [0.2, 0.25) is 0 Å². The maximum Gasteiger partial charge on any atom is 0.191 e. The van der Waals surface area contributed by atoms with Gasteiger partial charge in [-0.2, -0.15) is 5.10 Å². The number of nitrogens with zero attached hydrogens (tertiary/aromatic N) is 5. The largest absolute Gasteiger partial charge is 0.355 e. The van der Waals surface area contributed by atoms with Crippen molar-refractivity contribution in [3.05, 3.63) is 12.2 Å². The molecule has 1 aromatic heterocycles. The van der Waals surface area contributed by atoms with E-state index >= 15 is 0 Å². The Hall–Kier alpha value is -0.900. The van der Waals surface area contributed by atoms with E-state index in [1.54, 1.807) is 18.1 Å². The average Bonchev–Trinajstić information content (AvgIpc) is 2.88. The normalized spacial score (nSPS) is 19.6. The van der Waals surface area contributed by atoms with E-state index in [0.29, 0.717) is 6.54 Å². The summed E-state index contributed by atoms with van der Waals surface area (Å²) in [6, 6.07) is 0. The second-order valence-corrected chi connectivity index (χ2v) is 5.70. The van der Waals surface area contributed by atoms with Crippen molar-refractivity contribution in [1.82, 2.24) is 30.3 Å². The topological polar surface area (TPSA) is 70.4 Å². The highest BCUT2D eigenvalue weighted by atomic mass is 127. The molecule has 0 radical (unpaired) electrons. The predicted molar refractivity (Wildman–Crippen MR) is 99.5 cm³/mol. The van der Waals surface area contributed by atoms with E-state index in [4.69, 9.17) is 0 Å². The van der Waals surface area contributed by atoms with Crippen LogP contribution in [0, 0.1) is 5.92 Å². The van der Waals surface area contributed by atoms with Gasteiger partial charge in [0.15, 0.2) is 5.96 Å². The number of aromatic nitrogens is 3. The minimum absolute atomic E-state index is 0. The highest BCUT2D eigenvalue weighted by molar-refractivity contribution is 14.0. The van der Waals surface area contributed by atoms with E-state index in [9.17, 15) is 0 Å². The highest BCUT2D eigenvalue weighted by Gasteiger charge is 2.15. The lowest BCUT2D eigenvalue weighted by atomic mass is 10.0. The molecular weight excluding hydrogens is 393 g/mol. The molecule has 0 amide bonds. The van der Waals surface area contributed by atoms with Gasteiger partial charge < -0.3 is 15.5 Å². The van der Waals surface area contributed by atoms with Gasteiger partial charge in [-0.1, -0.05) is 6.92 Å². The Morgan fingerprint density at radius 1 is 1.45 bits per heavy atom. The number of guanidine groups is 1. The molecule has 8 heteroatoms. The molecule has 0 spiro atoms. The molecule has 1 fully saturated rings. The molecule has 0 bridgehead atoms. The van der Waals surface area contributed by atoms with Crippen LogP contribution in [-0.2, 0) is 13.6 Å². The molecule has 0 saturated carbocycles. The number of likely N-dealkylation sites (tertiary alicyclic amines) is 1. The lowest BCUT2D eigenvalue weighted by Crippen LogP contribution is -2.43. The third-order valence-corrected chi connectivity index (χ3v) is 3.90. The predicted octanol–water partition coefficient (Wildman–Crippen LogP) is 0.830. The zero-order chi connectivity index (χ0) is 15.1. The Morgan fingerprint density at radius 3 is 2.91 bits per heavy atom.